The van der Waals surface area contributed by atoms with E-state index in [1.807, 2.05) is 4.90 Å². The first-order valence-electron chi connectivity index (χ1n) is 12.0. The highest BCUT2D eigenvalue weighted by molar-refractivity contribution is 7.10. The van der Waals surface area contributed by atoms with Gasteiger partial charge in [-0.2, -0.15) is 13.2 Å². The smallest absolute Gasteiger partial charge is 0.416 e. The molecular weight excluding hydrogens is 511 g/mol. The molecule has 2 saturated heterocycles. The Morgan fingerprint density at radius 3 is 2.49 bits per heavy atom. The number of alkyl carbamates (subject to hydrolysis) is 1. The predicted molar refractivity (Wildman–Crippen MR) is 132 cm³/mol. The second kappa shape index (κ2) is 11.4. The summed E-state index contributed by atoms with van der Waals surface area (Å²) in [7, 11) is 1.22. The zero-order chi connectivity index (χ0) is 26.6. The van der Waals surface area contributed by atoms with Crippen LogP contribution in [0.25, 0.3) is 0 Å². The largest absolute Gasteiger partial charge is 0.453 e. The van der Waals surface area contributed by atoms with Crippen molar-refractivity contribution in [3.05, 3.63) is 39.8 Å². The minimum absolute atomic E-state index is 0.0536. The van der Waals surface area contributed by atoms with Crippen molar-refractivity contribution in [3.63, 3.8) is 0 Å². The summed E-state index contributed by atoms with van der Waals surface area (Å²) < 4.78 is 44.5. The molecule has 0 aliphatic carbocycles. The van der Waals surface area contributed by atoms with Gasteiger partial charge in [-0.1, -0.05) is 0 Å². The minimum Gasteiger partial charge on any atom is -0.453 e. The van der Waals surface area contributed by atoms with Crippen molar-refractivity contribution >= 4 is 40.6 Å². The fourth-order valence-corrected chi connectivity index (χ4v) is 5.49. The summed E-state index contributed by atoms with van der Waals surface area (Å²) in [4.78, 5) is 44.5. The standard InChI is InChI=1S/C24H28F3N5O4S/c1-36-23(35)28-13-20(33)32-10-6-15(7-11-32)22-30-18(14-37-22)21(34)29-17-12-16(24(25,26)27)4-5-19(17)31-8-2-3-9-31/h4-5,12,14-15H,2-3,6-11,13H2,1H3,(H,28,35)(H,29,34). The van der Waals surface area contributed by atoms with Crippen LogP contribution in [0.2, 0.25) is 0 Å². The molecule has 1 aromatic carbocycles. The van der Waals surface area contributed by atoms with Crippen molar-refractivity contribution in [2.24, 2.45) is 0 Å². The van der Waals surface area contributed by atoms with Crippen molar-refractivity contribution < 1.29 is 32.3 Å². The topological polar surface area (TPSA) is 104 Å². The number of amides is 3. The third kappa shape index (κ3) is 6.51. The number of nitrogens with zero attached hydrogens (tertiary/aromatic N) is 3. The van der Waals surface area contributed by atoms with Crippen LogP contribution in [0.1, 0.15) is 52.7 Å². The molecule has 1 aromatic heterocycles. The minimum atomic E-state index is -4.53. The van der Waals surface area contributed by atoms with Crippen LogP contribution in [0, 0.1) is 0 Å². The summed E-state index contributed by atoms with van der Waals surface area (Å²) in [6.07, 6.45) is -2.03. The van der Waals surface area contributed by atoms with Crippen LogP contribution in [0.3, 0.4) is 0 Å². The maximum atomic E-state index is 13.3. The Hall–Kier alpha value is -3.35. The van der Waals surface area contributed by atoms with E-state index in [0.29, 0.717) is 31.6 Å². The Morgan fingerprint density at radius 2 is 1.84 bits per heavy atom. The fraction of sp³-hybridized carbons (Fsp3) is 0.500. The highest BCUT2D eigenvalue weighted by Crippen LogP contribution is 2.37. The Bertz CT molecular complexity index is 1140. The molecule has 0 saturated carbocycles. The van der Waals surface area contributed by atoms with Crippen LogP contribution in [0.15, 0.2) is 23.6 Å². The Balaban J connectivity index is 1.40. The average molecular weight is 540 g/mol. The van der Waals surface area contributed by atoms with E-state index in [4.69, 9.17) is 0 Å². The molecule has 0 atom stereocenters. The van der Waals surface area contributed by atoms with Gasteiger partial charge in [0.15, 0.2) is 0 Å². The number of piperidine rings is 1. The molecule has 2 aromatic rings. The van der Waals surface area contributed by atoms with Crippen molar-refractivity contribution in [2.75, 3.05) is 50.1 Å². The maximum absolute atomic E-state index is 13.3. The third-order valence-corrected chi connectivity index (χ3v) is 7.55. The van der Waals surface area contributed by atoms with Gasteiger partial charge in [0.05, 0.1) is 29.1 Å². The van der Waals surface area contributed by atoms with Gasteiger partial charge >= 0.3 is 12.3 Å². The van der Waals surface area contributed by atoms with Gasteiger partial charge in [0.2, 0.25) is 5.91 Å². The molecule has 0 bridgehead atoms. The van der Waals surface area contributed by atoms with Gasteiger partial charge in [0, 0.05) is 37.5 Å². The summed E-state index contributed by atoms with van der Waals surface area (Å²) in [6.45, 7) is 2.26. The van der Waals surface area contributed by atoms with E-state index < -0.39 is 23.7 Å². The number of hydrogen-bond donors (Lipinski definition) is 2. The van der Waals surface area contributed by atoms with E-state index in [9.17, 15) is 27.6 Å². The Labute approximate surface area is 216 Å². The average Bonchev–Trinajstić information content (AvgIpc) is 3.59. The van der Waals surface area contributed by atoms with Gasteiger partial charge in [-0.05, 0) is 43.9 Å². The molecule has 4 rings (SSSR count). The first kappa shape index (κ1) is 26.7. The Kier molecular flexibility index (Phi) is 8.20. The summed E-state index contributed by atoms with van der Waals surface area (Å²) in [6, 6.07) is 3.42. The molecule has 0 spiro atoms. The van der Waals surface area contributed by atoms with E-state index in [-0.39, 0.29) is 29.8 Å². The number of nitrogens with one attached hydrogen (secondary N) is 2. The number of carbonyl (C=O) groups excluding carboxylic acids is 3. The van der Waals surface area contributed by atoms with Gasteiger partial charge in [-0.25, -0.2) is 9.78 Å². The lowest BCUT2D eigenvalue weighted by molar-refractivity contribution is -0.137. The quantitative estimate of drug-likeness (QED) is 0.574. The van der Waals surface area contributed by atoms with E-state index in [1.165, 1.54) is 24.5 Å². The van der Waals surface area contributed by atoms with Gasteiger partial charge in [-0.3, -0.25) is 9.59 Å². The zero-order valence-corrected chi connectivity index (χ0v) is 21.1. The molecule has 3 amide bonds. The molecule has 0 unspecified atom stereocenters. The van der Waals surface area contributed by atoms with Crippen LogP contribution in [-0.4, -0.2) is 67.6 Å². The van der Waals surface area contributed by atoms with Crippen molar-refractivity contribution in [2.45, 2.75) is 37.8 Å². The molecule has 200 valence electrons. The number of rotatable bonds is 6. The van der Waals surface area contributed by atoms with Crippen molar-refractivity contribution in [1.29, 1.82) is 0 Å². The Morgan fingerprint density at radius 1 is 1.14 bits per heavy atom. The number of alkyl halides is 3. The summed E-state index contributed by atoms with van der Waals surface area (Å²) in [5.74, 6) is -0.723. The van der Waals surface area contributed by atoms with Crippen LogP contribution >= 0.6 is 11.3 Å². The third-order valence-electron chi connectivity index (χ3n) is 6.54. The number of likely N-dealkylation sites (tertiary alicyclic amines) is 1. The lowest BCUT2D eigenvalue weighted by atomic mass is 9.97. The summed E-state index contributed by atoms with van der Waals surface area (Å²) >= 11 is 1.32. The number of halogens is 3. The molecular formula is C24H28F3N5O4S. The zero-order valence-electron chi connectivity index (χ0n) is 20.3. The highest BCUT2D eigenvalue weighted by atomic mass is 32.1. The number of benzene rings is 1. The molecule has 3 heterocycles. The van der Waals surface area contributed by atoms with Gasteiger partial charge in [0.1, 0.15) is 12.2 Å². The SMILES string of the molecule is COC(=O)NCC(=O)N1CCC(c2nc(C(=O)Nc3cc(C(F)(F)F)ccc3N3CCCC3)cs2)CC1. The molecule has 2 fully saturated rings. The van der Waals surface area contributed by atoms with Gasteiger partial charge in [-0.15, -0.1) is 11.3 Å². The lowest BCUT2D eigenvalue weighted by Crippen LogP contribution is -2.43. The van der Waals surface area contributed by atoms with Crippen LogP contribution in [0.5, 0.6) is 0 Å². The van der Waals surface area contributed by atoms with E-state index in [2.05, 4.69) is 20.4 Å². The van der Waals surface area contributed by atoms with E-state index in [0.717, 1.165) is 43.1 Å². The van der Waals surface area contributed by atoms with Gasteiger partial charge < -0.3 is 25.2 Å². The number of methoxy groups -OCH3 is 1. The lowest BCUT2D eigenvalue weighted by Gasteiger charge is -2.31. The highest BCUT2D eigenvalue weighted by Gasteiger charge is 2.32. The van der Waals surface area contributed by atoms with Crippen molar-refractivity contribution in [1.82, 2.24) is 15.2 Å². The number of ether oxygens (including phenoxy) is 1. The molecule has 9 nitrogen and oxygen atoms in total. The fourth-order valence-electron chi connectivity index (χ4n) is 4.52. The maximum Gasteiger partial charge on any atom is 0.416 e. The number of anilines is 2. The molecule has 2 aliphatic heterocycles. The molecule has 37 heavy (non-hydrogen) atoms. The molecule has 0 radical (unpaired) electrons. The number of aromatic nitrogens is 1. The monoisotopic (exact) mass is 539 g/mol. The summed E-state index contributed by atoms with van der Waals surface area (Å²) in [5.41, 5.74) is -0.00457. The first-order valence-corrected chi connectivity index (χ1v) is 12.9. The molecule has 13 heteroatoms. The van der Waals surface area contributed by atoms with Crippen LogP contribution in [-0.2, 0) is 15.7 Å². The molecule has 2 aliphatic rings. The molecule has 2 N–H and O–H groups in total. The summed E-state index contributed by atoms with van der Waals surface area (Å²) in [5, 5.41) is 7.36. The number of thiazole rings is 1. The second-order valence-corrected chi connectivity index (χ2v) is 9.84. The predicted octanol–water partition coefficient (Wildman–Crippen LogP) is 4.08. The van der Waals surface area contributed by atoms with Gasteiger partial charge in [0.25, 0.3) is 5.91 Å². The normalized spacial score (nSPS) is 16.5. The van der Waals surface area contributed by atoms with E-state index in [1.54, 1.807) is 10.3 Å². The number of carbonyl (C=O) groups is 3. The van der Waals surface area contributed by atoms with Crippen molar-refractivity contribution in [3.8, 4) is 0 Å². The van der Waals surface area contributed by atoms with Crippen LogP contribution in [0.4, 0.5) is 29.3 Å². The second-order valence-electron chi connectivity index (χ2n) is 8.95. The van der Waals surface area contributed by atoms with Crippen LogP contribution < -0.4 is 15.5 Å². The van der Waals surface area contributed by atoms with E-state index >= 15 is 0 Å². The number of hydrogen-bond acceptors (Lipinski definition) is 7. The first-order chi connectivity index (χ1) is 17.7.